The van der Waals surface area contributed by atoms with Gasteiger partial charge in [-0.25, -0.2) is 0 Å². The van der Waals surface area contributed by atoms with Gasteiger partial charge in [0.05, 0.1) is 17.8 Å². The van der Waals surface area contributed by atoms with Gasteiger partial charge < -0.3 is 19.6 Å². The van der Waals surface area contributed by atoms with E-state index in [0.29, 0.717) is 16.5 Å². The van der Waals surface area contributed by atoms with Crippen LogP contribution in [-0.2, 0) is 4.79 Å². The molecule has 0 saturated carbocycles. The second-order valence-electron chi connectivity index (χ2n) is 4.97. The number of rotatable bonds is 6. The van der Waals surface area contributed by atoms with E-state index in [1.165, 1.54) is 6.26 Å². The molecule has 0 aliphatic carbocycles. The van der Waals surface area contributed by atoms with Crippen molar-refractivity contribution in [2.24, 2.45) is 0 Å². The predicted octanol–water partition coefficient (Wildman–Crippen LogP) is 2.86. The van der Waals surface area contributed by atoms with Crippen LogP contribution in [-0.4, -0.2) is 23.7 Å². The average Bonchev–Trinajstić information content (AvgIpc) is 3.02. The van der Waals surface area contributed by atoms with Crippen LogP contribution in [0.2, 0.25) is 5.02 Å². The topological polar surface area (TPSA) is 71.7 Å². The minimum absolute atomic E-state index is 0.0433. The number of benzene rings is 1. The highest BCUT2D eigenvalue weighted by atomic mass is 35.5. The molecule has 0 bridgehead atoms. The molecule has 118 valence electrons. The quantitative estimate of drug-likeness (QED) is 0.857. The van der Waals surface area contributed by atoms with Crippen LogP contribution < -0.4 is 10.1 Å². The van der Waals surface area contributed by atoms with E-state index >= 15 is 0 Å². The summed E-state index contributed by atoms with van der Waals surface area (Å²) in [6.45, 7) is 3.57. The smallest absolute Gasteiger partial charge is 0.260 e. The molecule has 6 heteroatoms. The van der Waals surface area contributed by atoms with Gasteiger partial charge in [-0.05, 0) is 43.7 Å². The minimum atomic E-state index is -0.895. The first kappa shape index (κ1) is 16.4. The Bertz CT molecular complexity index is 627. The Morgan fingerprint density at radius 2 is 2.23 bits per heavy atom. The number of carbonyl (C=O) groups excluding carboxylic acids is 1. The number of amides is 1. The predicted molar refractivity (Wildman–Crippen MR) is 83.0 cm³/mol. The molecule has 5 nitrogen and oxygen atoms in total. The SMILES string of the molecule is Cc1ccc(Cl)c(OC(C)C(=O)NCC(O)c2ccco2)c1. The third kappa shape index (κ3) is 4.26. The van der Waals surface area contributed by atoms with Crippen molar-refractivity contribution in [1.29, 1.82) is 0 Å². The molecule has 0 aliphatic heterocycles. The van der Waals surface area contributed by atoms with Crippen LogP contribution in [0.4, 0.5) is 0 Å². The van der Waals surface area contributed by atoms with E-state index in [9.17, 15) is 9.90 Å². The second kappa shape index (κ2) is 7.33. The van der Waals surface area contributed by atoms with E-state index in [0.717, 1.165) is 5.56 Å². The lowest BCUT2D eigenvalue weighted by molar-refractivity contribution is -0.127. The van der Waals surface area contributed by atoms with Crippen LogP contribution in [0, 0.1) is 6.92 Å². The number of aliphatic hydroxyl groups excluding tert-OH is 1. The Hall–Kier alpha value is -1.98. The van der Waals surface area contributed by atoms with Crippen LogP contribution in [0.25, 0.3) is 0 Å². The van der Waals surface area contributed by atoms with E-state index in [4.69, 9.17) is 20.8 Å². The molecule has 2 atom stereocenters. The maximum absolute atomic E-state index is 12.0. The van der Waals surface area contributed by atoms with Crippen molar-refractivity contribution in [2.75, 3.05) is 6.54 Å². The Labute approximate surface area is 133 Å². The highest BCUT2D eigenvalue weighted by molar-refractivity contribution is 6.32. The van der Waals surface area contributed by atoms with Crippen LogP contribution in [0.15, 0.2) is 41.0 Å². The van der Waals surface area contributed by atoms with Gasteiger partial charge in [-0.3, -0.25) is 4.79 Å². The molecule has 1 aromatic heterocycles. The van der Waals surface area contributed by atoms with Gasteiger partial charge in [0.25, 0.3) is 5.91 Å². The van der Waals surface area contributed by atoms with Gasteiger partial charge in [-0.1, -0.05) is 17.7 Å². The van der Waals surface area contributed by atoms with Crippen molar-refractivity contribution in [1.82, 2.24) is 5.32 Å². The Morgan fingerprint density at radius 3 is 2.91 bits per heavy atom. The molecule has 2 aromatic rings. The van der Waals surface area contributed by atoms with E-state index in [1.54, 1.807) is 31.2 Å². The first-order valence-electron chi connectivity index (χ1n) is 6.89. The number of hydrogen-bond acceptors (Lipinski definition) is 4. The Morgan fingerprint density at radius 1 is 1.45 bits per heavy atom. The summed E-state index contributed by atoms with van der Waals surface area (Å²) in [5, 5.41) is 12.9. The summed E-state index contributed by atoms with van der Waals surface area (Å²) in [5.74, 6) is 0.509. The van der Waals surface area contributed by atoms with Gasteiger partial charge in [0.1, 0.15) is 17.6 Å². The van der Waals surface area contributed by atoms with E-state index in [-0.39, 0.29) is 12.5 Å². The highest BCUT2D eigenvalue weighted by Crippen LogP contribution is 2.26. The second-order valence-corrected chi connectivity index (χ2v) is 5.38. The van der Waals surface area contributed by atoms with E-state index < -0.39 is 12.2 Å². The number of hydrogen-bond donors (Lipinski definition) is 2. The number of carbonyl (C=O) groups is 1. The molecule has 2 rings (SSSR count). The Balaban J connectivity index is 1.88. The first-order valence-corrected chi connectivity index (χ1v) is 7.27. The first-order chi connectivity index (χ1) is 10.5. The lowest BCUT2D eigenvalue weighted by Gasteiger charge is -2.17. The standard InChI is InChI=1S/C16H18ClNO4/c1-10-5-6-12(17)15(8-10)22-11(2)16(20)18-9-13(19)14-4-3-7-21-14/h3-8,11,13,19H,9H2,1-2H3,(H,18,20). The number of halogens is 1. The van der Waals surface area contributed by atoms with Crippen molar-refractivity contribution < 1.29 is 19.1 Å². The normalized spacial score (nSPS) is 13.5. The summed E-state index contributed by atoms with van der Waals surface area (Å²) in [6, 6.07) is 8.66. The fraction of sp³-hybridized carbons (Fsp3) is 0.312. The molecular weight excluding hydrogens is 306 g/mol. The van der Waals surface area contributed by atoms with Crippen molar-refractivity contribution in [2.45, 2.75) is 26.1 Å². The van der Waals surface area contributed by atoms with Crippen LogP contribution >= 0.6 is 11.6 Å². The molecular formula is C16H18ClNO4. The summed E-state index contributed by atoms with van der Waals surface area (Å²) in [6.07, 6.45) is -0.164. The summed E-state index contributed by atoms with van der Waals surface area (Å²) in [7, 11) is 0. The molecule has 0 spiro atoms. The van der Waals surface area contributed by atoms with E-state index in [2.05, 4.69) is 5.32 Å². The van der Waals surface area contributed by atoms with Crippen LogP contribution in [0.1, 0.15) is 24.4 Å². The zero-order valence-corrected chi connectivity index (χ0v) is 13.1. The monoisotopic (exact) mass is 323 g/mol. The summed E-state index contributed by atoms with van der Waals surface area (Å²) < 4.78 is 10.6. The third-order valence-electron chi connectivity index (χ3n) is 3.10. The molecule has 0 fully saturated rings. The van der Waals surface area contributed by atoms with Crippen molar-refractivity contribution >= 4 is 17.5 Å². The minimum Gasteiger partial charge on any atom is -0.479 e. The fourth-order valence-corrected chi connectivity index (χ4v) is 2.03. The lowest BCUT2D eigenvalue weighted by atomic mass is 10.2. The van der Waals surface area contributed by atoms with Crippen LogP contribution in [0.3, 0.4) is 0 Å². The van der Waals surface area contributed by atoms with Crippen molar-refractivity contribution in [3.05, 3.63) is 52.9 Å². The molecule has 0 saturated heterocycles. The van der Waals surface area contributed by atoms with Gasteiger partial charge in [0.15, 0.2) is 6.10 Å². The maximum Gasteiger partial charge on any atom is 0.260 e. The third-order valence-corrected chi connectivity index (χ3v) is 3.41. The van der Waals surface area contributed by atoms with Gasteiger partial charge >= 0.3 is 0 Å². The maximum atomic E-state index is 12.0. The molecule has 0 radical (unpaired) electrons. The van der Waals surface area contributed by atoms with Gasteiger partial charge in [-0.15, -0.1) is 0 Å². The van der Waals surface area contributed by atoms with Crippen molar-refractivity contribution in [3.8, 4) is 5.75 Å². The molecule has 0 aliphatic rings. The van der Waals surface area contributed by atoms with Gasteiger partial charge in [0, 0.05) is 0 Å². The molecule has 2 unspecified atom stereocenters. The largest absolute Gasteiger partial charge is 0.479 e. The zero-order chi connectivity index (χ0) is 16.1. The fourth-order valence-electron chi connectivity index (χ4n) is 1.87. The summed E-state index contributed by atoms with van der Waals surface area (Å²) >= 11 is 6.03. The average molecular weight is 324 g/mol. The lowest BCUT2D eigenvalue weighted by Crippen LogP contribution is -2.38. The van der Waals surface area contributed by atoms with Crippen molar-refractivity contribution in [3.63, 3.8) is 0 Å². The molecule has 22 heavy (non-hydrogen) atoms. The molecule has 1 amide bonds. The van der Waals surface area contributed by atoms with E-state index in [1.807, 2.05) is 13.0 Å². The number of furan rings is 1. The number of ether oxygens (including phenoxy) is 1. The van der Waals surface area contributed by atoms with Crippen LogP contribution in [0.5, 0.6) is 5.75 Å². The number of nitrogens with one attached hydrogen (secondary N) is 1. The molecule has 1 heterocycles. The molecule has 1 aromatic carbocycles. The van der Waals surface area contributed by atoms with Gasteiger partial charge in [0.2, 0.25) is 0 Å². The number of aliphatic hydroxyl groups is 1. The highest BCUT2D eigenvalue weighted by Gasteiger charge is 2.18. The zero-order valence-electron chi connectivity index (χ0n) is 12.4. The number of aryl methyl sites for hydroxylation is 1. The van der Waals surface area contributed by atoms with Gasteiger partial charge in [-0.2, -0.15) is 0 Å². The summed E-state index contributed by atoms with van der Waals surface area (Å²) in [4.78, 5) is 12.0. The summed E-state index contributed by atoms with van der Waals surface area (Å²) in [5.41, 5.74) is 0.986. The Kier molecular flexibility index (Phi) is 5.46. The molecule has 2 N–H and O–H groups in total.